The number of carboxylic acids is 1. The van der Waals surface area contributed by atoms with Gasteiger partial charge in [-0.2, -0.15) is 0 Å². The Bertz CT molecular complexity index is 729. The first-order valence-corrected chi connectivity index (χ1v) is 5.84. The van der Waals surface area contributed by atoms with Crippen molar-refractivity contribution in [2.24, 2.45) is 0 Å². The minimum atomic E-state index is -1.35. The smallest absolute Gasteiger partial charge is 0.339 e. The van der Waals surface area contributed by atoms with Crippen LogP contribution in [0.3, 0.4) is 0 Å². The van der Waals surface area contributed by atoms with Crippen LogP contribution in [0.25, 0.3) is 0 Å². The van der Waals surface area contributed by atoms with E-state index >= 15 is 0 Å². The van der Waals surface area contributed by atoms with Crippen LogP contribution in [-0.2, 0) is 0 Å². The summed E-state index contributed by atoms with van der Waals surface area (Å²) in [4.78, 5) is 21.2. The Morgan fingerprint density at radius 3 is 2.57 bits per heavy atom. The Labute approximate surface area is 118 Å². The summed E-state index contributed by atoms with van der Waals surface area (Å²) in [5.74, 6) is -2.02. The second-order valence-corrected chi connectivity index (χ2v) is 4.25. The van der Waals surface area contributed by atoms with Crippen molar-refractivity contribution in [2.45, 2.75) is 6.92 Å². The summed E-state index contributed by atoms with van der Waals surface area (Å²) in [6, 6.07) is 7.02. The number of carbonyl (C=O) groups is 1. The molecule has 1 N–H and O–H groups in total. The van der Waals surface area contributed by atoms with E-state index in [1.54, 1.807) is 6.92 Å². The summed E-state index contributed by atoms with van der Waals surface area (Å²) in [5, 5.41) is 19.8. The SMILES string of the molecule is Cc1ccc([N+](=O)[O-])cc1Oc1ccc(F)cc1C(=O)O. The lowest BCUT2D eigenvalue weighted by molar-refractivity contribution is -0.384. The molecule has 0 heterocycles. The van der Waals surface area contributed by atoms with Gasteiger partial charge >= 0.3 is 5.97 Å². The zero-order valence-corrected chi connectivity index (χ0v) is 10.9. The third-order valence-electron chi connectivity index (χ3n) is 2.77. The molecule has 0 saturated carbocycles. The highest BCUT2D eigenvalue weighted by Gasteiger charge is 2.16. The fourth-order valence-corrected chi connectivity index (χ4v) is 1.69. The quantitative estimate of drug-likeness (QED) is 0.687. The maximum Gasteiger partial charge on any atom is 0.339 e. The lowest BCUT2D eigenvalue weighted by atomic mass is 10.1. The van der Waals surface area contributed by atoms with Gasteiger partial charge in [-0.05, 0) is 36.8 Å². The van der Waals surface area contributed by atoms with E-state index in [9.17, 15) is 19.3 Å². The van der Waals surface area contributed by atoms with Crippen LogP contribution in [0.15, 0.2) is 36.4 Å². The number of aryl methyl sites for hydroxylation is 1. The van der Waals surface area contributed by atoms with E-state index in [2.05, 4.69) is 0 Å². The molecule has 0 aliphatic rings. The van der Waals surface area contributed by atoms with Gasteiger partial charge in [0.1, 0.15) is 22.9 Å². The summed E-state index contributed by atoms with van der Waals surface area (Å²) in [6.45, 7) is 1.66. The van der Waals surface area contributed by atoms with E-state index in [0.29, 0.717) is 5.56 Å². The number of hydrogen-bond acceptors (Lipinski definition) is 4. The Kier molecular flexibility index (Phi) is 3.84. The number of carboxylic acid groups (broad SMARTS) is 1. The van der Waals surface area contributed by atoms with Gasteiger partial charge in [0.15, 0.2) is 0 Å². The molecule has 2 rings (SSSR count). The van der Waals surface area contributed by atoms with Gasteiger partial charge in [-0.1, -0.05) is 0 Å². The second kappa shape index (κ2) is 5.58. The molecule has 0 aliphatic heterocycles. The lowest BCUT2D eigenvalue weighted by Crippen LogP contribution is -2.01. The molecule has 6 nitrogen and oxygen atoms in total. The monoisotopic (exact) mass is 291 g/mol. The first kappa shape index (κ1) is 14.4. The minimum absolute atomic E-state index is 0.0903. The molecule has 0 bridgehead atoms. The zero-order chi connectivity index (χ0) is 15.6. The third kappa shape index (κ3) is 3.14. The van der Waals surface area contributed by atoms with Crippen LogP contribution in [-0.4, -0.2) is 16.0 Å². The van der Waals surface area contributed by atoms with Crippen LogP contribution >= 0.6 is 0 Å². The normalized spacial score (nSPS) is 10.2. The molecule has 2 aromatic rings. The number of non-ortho nitro benzene ring substituents is 1. The van der Waals surface area contributed by atoms with Crippen molar-refractivity contribution in [1.29, 1.82) is 0 Å². The number of nitro groups is 1. The van der Waals surface area contributed by atoms with Crippen LogP contribution in [0.5, 0.6) is 11.5 Å². The van der Waals surface area contributed by atoms with Gasteiger partial charge in [-0.25, -0.2) is 9.18 Å². The number of aromatic carboxylic acids is 1. The van der Waals surface area contributed by atoms with Gasteiger partial charge in [-0.15, -0.1) is 0 Å². The maximum absolute atomic E-state index is 13.1. The van der Waals surface area contributed by atoms with Gasteiger partial charge < -0.3 is 9.84 Å². The Morgan fingerprint density at radius 1 is 1.24 bits per heavy atom. The molecule has 21 heavy (non-hydrogen) atoms. The predicted molar refractivity (Wildman–Crippen MR) is 71.3 cm³/mol. The van der Waals surface area contributed by atoms with Crippen molar-refractivity contribution < 1.29 is 24.0 Å². The minimum Gasteiger partial charge on any atom is -0.478 e. The maximum atomic E-state index is 13.1. The molecule has 0 radical (unpaired) electrons. The average Bonchev–Trinajstić information content (AvgIpc) is 2.42. The van der Waals surface area contributed by atoms with E-state index in [-0.39, 0.29) is 22.7 Å². The first-order valence-electron chi connectivity index (χ1n) is 5.84. The van der Waals surface area contributed by atoms with Crippen LogP contribution < -0.4 is 4.74 Å². The largest absolute Gasteiger partial charge is 0.478 e. The zero-order valence-electron chi connectivity index (χ0n) is 10.9. The van der Waals surface area contributed by atoms with Crippen LogP contribution in [0.4, 0.5) is 10.1 Å². The lowest BCUT2D eigenvalue weighted by Gasteiger charge is -2.10. The number of nitrogens with zero attached hydrogens (tertiary/aromatic N) is 1. The molecule has 0 spiro atoms. The van der Waals surface area contributed by atoms with Crippen molar-refractivity contribution in [3.05, 3.63) is 63.5 Å². The second-order valence-electron chi connectivity index (χ2n) is 4.25. The van der Waals surface area contributed by atoms with Crippen molar-refractivity contribution in [3.8, 4) is 11.5 Å². The number of halogens is 1. The van der Waals surface area contributed by atoms with Crippen LogP contribution in [0, 0.1) is 22.9 Å². The molecular formula is C14H10FNO5. The van der Waals surface area contributed by atoms with E-state index in [0.717, 1.165) is 18.2 Å². The Hall–Kier alpha value is -2.96. The van der Waals surface area contributed by atoms with Crippen LogP contribution in [0.2, 0.25) is 0 Å². The molecule has 2 aromatic carbocycles. The van der Waals surface area contributed by atoms with Gasteiger partial charge in [0.25, 0.3) is 5.69 Å². The van der Waals surface area contributed by atoms with Gasteiger partial charge in [0.2, 0.25) is 0 Å². The molecule has 0 saturated heterocycles. The highest BCUT2D eigenvalue weighted by Crippen LogP contribution is 2.31. The van der Waals surface area contributed by atoms with E-state index in [1.165, 1.54) is 18.2 Å². The first-order chi connectivity index (χ1) is 9.88. The molecule has 108 valence electrons. The van der Waals surface area contributed by atoms with Gasteiger partial charge in [-0.3, -0.25) is 10.1 Å². The van der Waals surface area contributed by atoms with Crippen molar-refractivity contribution in [2.75, 3.05) is 0 Å². The molecule has 0 fully saturated rings. The van der Waals surface area contributed by atoms with E-state index in [1.807, 2.05) is 0 Å². The molecule has 7 heteroatoms. The predicted octanol–water partition coefficient (Wildman–Crippen LogP) is 3.53. The molecule has 0 atom stereocenters. The molecule has 0 aliphatic carbocycles. The molecule has 0 aromatic heterocycles. The highest BCUT2D eigenvalue weighted by molar-refractivity contribution is 5.91. The molecular weight excluding hydrogens is 281 g/mol. The number of hydrogen-bond donors (Lipinski definition) is 1. The third-order valence-corrected chi connectivity index (χ3v) is 2.77. The summed E-state index contributed by atoms with van der Waals surface area (Å²) >= 11 is 0. The Balaban J connectivity index is 2.45. The number of benzene rings is 2. The van der Waals surface area contributed by atoms with Gasteiger partial charge in [0, 0.05) is 6.07 Å². The summed E-state index contributed by atoms with van der Waals surface area (Å²) in [5.41, 5.74) is 0.0387. The summed E-state index contributed by atoms with van der Waals surface area (Å²) in [6.07, 6.45) is 0. The Morgan fingerprint density at radius 2 is 1.95 bits per heavy atom. The van der Waals surface area contributed by atoms with Crippen LogP contribution in [0.1, 0.15) is 15.9 Å². The highest BCUT2D eigenvalue weighted by atomic mass is 19.1. The fourth-order valence-electron chi connectivity index (χ4n) is 1.69. The van der Waals surface area contributed by atoms with E-state index in [4.69, 9.17) is 9.84 Å². The standard InChI is InChI=1S/C14H10FNO5/c1-8-2-4-10(16(19)20)7-13(8)21-12-5-3-9(15)6-11(12)14(17)18/h2-7H,1H3,(H,17,18). The number of rotatable bonds is 4. The summed E-state index contributed by atoms with van der Waals surface area (Å²) in [7, 11) is 0. The number of ether oxygens (including phenoxy) is 1. The molecule has 0 unspecified atom stereocenters. The average molecular weight is 291 g/mol. The van der Waals surface area contributed by atoms with Gasteiger partial charge in [0.05, 0.1) is 11.0 Å². The van der Waals surface area contributed by atoms with Crippen molar-refractivity contribution in [3.63, 3.8) is 0 Å². The number of nitro benzene ring substituents is 1. The van der Waals surface area contributed by atoms with Crippen molar-refractivity contribution in [1.82, 2.24) is 0 Å². The van der Waals surface area contributed by atoms with Crippen molar-refractivity contribution >= 4 is 11.7 Å². The topological polar surface area (TPSA) is 89.7 Å². The molecule has 0 amide bonds. The summed E-state index contributed by atoms with van der Waals surface area (Å²) < 4.78 is 18.5. The fraction of sp³-hybridized carbons (Fsp3) is 0.0714. The van der Waals surface area contributed by atoms with E-state index < -0.39 is 16.7 Å².